The fourth-order valence-corrected chi connectivity index (χ4v) is 1.66. The molecule has 0 aliphatic heterocycles. The maximum atomic E-state index is 13.0. The standard InChI is InChI=1S/C15H13FO4/c1-19-12-5-6-14(17)13(8-12)15(18)20-9-10-3-2-4-11(16)7-10/h2-8,17H,9H2,1H3. The first-order chi connectivity index (χ1) is 9.60. The number of phenolic OH excluding ortho intramolecular Hbond substituents is 1. The van der Waals surface area contributed by atoms with Crippen LogP contribution in [0, 0.1) is 5.82 Å². The van der Waals surface area contributed by atoms with Gasteiger partial charge in [-0.3, -0.25) is 0 Å². The van der Waals surface area contributed by atoms with E-state index in [1.807, 2.05) is 0 Å². The molecule has 104 valence electrons. The van der Waals surface area contributed by atoms with E-state index in [0.717, 1.165) is 0 Å². The van der Waals surface area contributed by atoms with Crippen molar-refractivity contribution in [3.8, 4) is 11.5 Å². The molecule has 2 aromatic rings. The molecule has 1 N–H and O–H groups in total. The summed E-state index contributed by atoms with van der Waals surface area (Å²) < 4.78 is 23.0. The van der Waals surface area contributed by atoms with Crippen LogP contribution in [-0.4, -0.2) is 18.2 Å². The SMILES string of the molecule is COc1ccc(O)c(C(=O)OCc2cccc(F)c2)c1. The van der Waals surface area contributed by atoms with Gasteiger partial charge in [0.15, 0.2) is 0 Å². The molecule has 0 aliphatic rings. The predicted molar refractivity (Wildman–Crippen MR) is 70.2 cm³/mol. The quantitative estimate of drug-likeness (QED) is 0.872. The number of hydrogen-bond acceptors (Lipinski definition) is 4. The fraction of sp³-hybridized carbons (Fsp3) is 0.133. The zero-order valence-corrected chi connectivity index (χ0v) is 10.8. The van der Waals surface area contributed by atoms with Gasteiger partial charge in [0.25, 0.3) is 0 Å². The van der Waals surface area contributed by atoms with Crippen LogP contribution in [0.4, 0.5) is 4.39 Å². The number of halogens is 1. The number of benzene rings is 2. The second-order valence-corrected chi connectivity index (χ2v) is 4.09. The molecular weight excluding hydrogens is 263 g/mol. The lowest BCUT2D eigenvalue weighted by molar-refractivity contribution is 0.0468. The van der Waals surface area contributed by atoms with Crippen LogP contribution in [0.1, 0.15) is 15.9 Å². The first kappa shape index (κ1) is 13.9. The summed E-state index contributed by atoms with van der Waals surface area (Å²) in [5.74, 6) is -0.871. The molecular formula is C15H13FO4. The van der Waals surface area contributed by atoms with Crippen molar-refractivity contribution < 1.29 is 23.8 Å². The summed E-state index contributed by atoms with van der Waals surface area (Å²) in [6, 6.07) is 10.0. The fourth-order valence-electron chi connectivity index (χ4n) is 1.66. The normalized spacial score (nSPS) is 10.1. The molecule has 0 fully saturated rings. The number of ether oxygens (including phenoxy) is 2. The number of methoxy groups -OCH3 is 1. The van der Waals surface area contributed by atoms with Crippen molar-refractivity contribution in [2.24, 2.45) is 0 Å². The Hall–Kier alpha value is -2.56. The van der Waals surface area contributed by atoms with Gasteiger partial charge >= 0.3 is 5.97 Å². The maximum absolute atomic E-state index is 13.0. The monoisotopic (exact) mass is 276 g/mol. The van der Waals surface area contributed by atoms with Crippen LogP contribution >= 0.6 is 0 Å². The number of carbonyl (C=O) groups excluding carboxylic acids is 1. The van der Waals surface area contributed by atoms with E-state index >= 15 is 0 Å². The molecule has 0 bridgehead atoms. The third-order valence-electron chi connectivity index (χ3n) is 2.68. The van der Waals surface area contributed by atoms with Gasteiger partial charge in [-0.25, -0.2) is 9.18 Å². The second-order valence-electron chi connectivity index (χ2n) is 4.09. The van der Waals surface area contributed by atoms with Gasteiger partial charge in [-0.05, 0) is 35.9 Å². The molecule has 0 aliphatic carbocycles. The molecule has 0 aromatic heterocycles. The van der Waals surface area contributed by atoms with Gasteiger partial charge in [0.2, 0.25) is 0 Å². The highest BCUT2D eigenvalue weighted by atomic mass is 19.1. The smallest absolute Gasteiger partial charge is 0.342 e. The molecule has 0 saturated heterocycles. The molecule has 0 heterocycles. The van der Waals surface area contributed by atoms with Gasteiger partial charge in [0.05, 0.1) is 7.11 Å². The third-order valence-corrected chi connectivity index (χ3v) is 2.68. The Labute approximate surface area is 115 Å². The highest BCUT2D eigenvalue weighted by molar-refractivity contribution is 5.92. The molecule has 4 nitrogen and oxygen atoms in total. The topological polar surface area (TPSA) is 55.8 Å². The zero-order chi connectivity index (χ0) is 14.5. The molecule has 0 radical (unpaired) electrons. The summed E-state index contributed by atoms with van der Waals surface area (Å²) in [6.07, 6.45) is 0. The lowest BCUT2D eigenvalue weighted by Gasteiger charge is -2.08. The number of aromatic hydroxyl groups is 1. The Morgan fingerprint density at radius 3 is 2.75 bits per heavy atom. The van der Waals surface area contributed by atoms with Crippen molar-refractivity contribution in [1.29, 1.82) is 0 Å². The molecule has 5 heteroatoms. The number of rotatable bonds is 4. The van der Waals surface area contributed by atoms with Crippen LogP contribution < -0.4 is 4.74 Å². The molecule has 20 heavy (non-hydrogen) atoms. The van der Waals surface area contributed by atoms with Crippen molar-refractivity contribution in [1.82, 2.24) is 0 Å². The van der Waals surface area contributed by atoms with E-state index < -0.39 is 11.8 Å². The Morgan fingerprint density at radius 2 is 2.05 bits per heavy atom. The first-order valence-electron chi connectivity index (χ1n) is 5.88. The van der Waals surface area contributed by atoms with E-state index in [0.29, 0.717) is 11.3 Å². The molecule has 0 atom stereocenters. The van der Waals surface area contributed by atoms with Gasteiger partial charge in [-0.2, -0.15) is 0 Å². The van der Waals surface area contributed by atoms with Crippen LogP contribution in [0.5, 0.6) is 11.5 Å². The minimum Gasteiger partial charge on any atom is -0.507 e. The highest BCUT2D eigenvalue weighted by Gasteiger charge is 2.14. The predicted octanol–water partition coefficient (Wildman–Crippen LogP) is 2.90. The van der Waals surface area contributed by atoms with Gasteiger partial charge in [-0.1, -0.05) is 12.1 Å². The summed E-state index contributed by atoms with van der Waals surface area (Å²) in [5, 5.41) is 9.63. The van der Waals surface area contributed by atoms with Crippen molar-refractivity contribution in [3.05, 3.63) is 59.4 Å². The van der Waals surface area contributed by atoms with Gasteiger partial charge < -0.3 is 14.6 Å². The van der Waals surface area contributed by atoms with Crippen LogP contribution in [0.25, 0.3) is 0 Å². The number of phenols is 1. The van der Waals surface area contributed by atoms with Crippen LogP contribution in [0.15, 0.2) is 42.5 Å². The molecule has 0 saturated carbocycles. The maximum Gasteiger partial charge on any atom is 0.342 e. The largest absolute Gasteiger partial charge is 0.507 e. The number of carbonyl (C=O) groups is 1. The molecule has 2 rings (SSSR count). The van der Waals surface area contributed by atoms with Crippen LogP contribution in [0.3, 0.4) is 0 Å². The Morgan fingerprint density at radius 1 is 1.25 bits per heavy atom. The summed E-state index contributed by atoms with van der Waals surface area (Å²) in [7, 11) is 1.45. The van der Waals surface area contributed by atoms with E-state index in [4.69, 9.17) is 9.47 Å². The van der Waals surface area contributed by atoms with Crippen molar-refractivity contribution >= 4 is 5.97 Å². The van der Waals surface area contributed by atoms with E-state index in [2.05, 4.69) is 0 Å². The van der Waals surface area contributed by atoms with Gasteiger partial charge in [0, 0.05) is 0 Å². The van der Waals surface area contributed by atoms with E-state index in [-0.39, 0.29) is 17.9 Å². The Balaban J connectivity index is 2.08. The van der Waals surface area contributed by atoms with Crippen molar-refractivity contribution in [2.75, 3.05) is 7.11 Å². The van der Waals surface area contributed by atoms with Crippen molar-refractivity contribution in [2.45, 2.75) is 6.61 Å². The minimum atomic E-state index is -0.703. The lowest BCUT2D eigenvalue weighted by Crippen LogP contribution is -2.06. The summed E-state index contributed by atoms with van der Waals surface area (Å²) in [6.45, 7) is -0.0761. The minimum absolute atomic E-state index is 0.000697. The molecule has 0 unspecified atom stereocenters. The van der Waals surface area contributed by atoms with Crippen LogP contribution in [-0.2, 0) is 11.3 Å². The zero-order valence-electron chi connectivity index (χ0n) is 10.8. The van der Waals surface area contributed by atoms with E-state index in [1.54, 1.807) is 6.07 Å². The number of hydrogen-bond donors (Lipinski definition) is 1. The Bertz CT molecular complexity index is 625. The molecule has 0 spiro atoms. The molecule has 0 amide bonds. The average Bonchev–Trinajstić information content (AvgIpc) is 2.45. The third kappa shape index (κ3) is 3.26. The van der Waals surface area contributed by atoms with E-state index in [9.17, 15) is 14.3 Å². The van der Waals surface area contributed by atoms with Gasteiger partial charge in [-0.15, -0.1) is 0 Å². The Kier molecular flexibility index (Phi) is 4.20. The van der Waals surface area contributed by atoms with E-state index in [1.165, 1.54) is 43.5 Å². The van der Waals surface area contributed by atoms with Crippen LogP contribution in [0.2, 0.25) is 0 Å². The van der Waals surface area contributed by atoms with Crippen molar-refractivity contribution in [3.63, 3.8) is 0 Å². The average molecular weight is 276 g/mol. The summed E-state index contributed by atoms with van der Waals surface area (Å²) in [4.78, 5) is 11.9. The summed E-state index contributed by atoms with van der Waals surface area (Å²) in [5.41, 5.74) is 0.529. The first-order valence-corrected chi connectivity index (χ1v) is 5.88. The lowest BCUT2D eigenvalue weighted by atomic mass is 10.2. The molecule has 2 aromatic carbocycles. The second kappa shape index (κ2) is 6.06. The van der Waals surface area contributed by atoms with Gasteiger partial charge in [0.1, 0.15) is 29.5 Å². The summed E-state index contributed by atoms with van der Waals surface area (Å²) >= 11 is 0. The highest BCUT2D eigenvalue weighted by Crippen LogP contribution is 2.23. The number of esters is 1.